The summed E-state index contributed by atoms with van der Waals surface area (Å²) < 4.78 is 6.85. The van der Waals surface area contributed by atoms with Crippen molar-refractivity contribution in [3.8, 4) is 0 Å². The smallest absolute Gasteiger partial charge is 0.255 e. The average Bonchev–Trinajstić information content (AvgIpc) is 2.93. The fourth-order valence-corrected chi connectivity index (χ4v) is 3.01. The van der Waals surface area contributed by atoms with Crippen molar-refractivity contribution in [2.24, 2.45) is 0 Å². The third-order valence-corrected chi connectivity index (χ3v) is 4.25. The summed E-state index contributed by atoms with van der Waals surface area (Å²) in [6.07, 6.45) is 1.73. The second-order valence-electron chi connectivity index (χ2n) is 5.18. The number of H-pyrrole nitrogens is 1. The van der Waals surface area contributed by atoms with Crippen molar-refractivity contribution < 1.29 is 9.53 Å². The minimum atomic E-state index is -0.0700. The molecule has 2 heterocycles. The molecule has 3 rings (SSSR count). The maximum Gasteiger partial charge on any atom is 0.255 e. The van der Waals surface area contributed by atoms with E-state index in [1.165, 1.54) is 0 Å². The fraction of sp³-hybridized carbons (Fsp3) is 0.312. The maximum atomic E-state index is 12.6. The van der Waals surface area contributed by atoms with Crippen LogP contribution in [0.4, 0.5) is 0 Å². The Kier molecular flexibility index (Phi) is 4.12. The standard InChI is InChI=1S/C16H17BrN2O2/c1-11-14(5-6-18-11)16(20)19-7-8-21-15(10-19)12-3-2-4-13(17)9-12/h2-6,9,15,18H,7-8,10H2,1H3. The lowest BCUT2D eigenvalue weighted by molar-refractivity contribution is -0.0228. The molecule has 2 aromatic rings. The summed E-state index contributed by atoms with van der Waals surface area (Å²) in [6.45, 7) is 3.69. The van der Waals surface area contributed by atoms with Gasteiger partial charge in [-0.05, 0) is 30.7 Å². The molecule has 4 nitrogen and oxygen atoms in total. The monoisotopic (exact) mass is 348 g/mol. The van der Waals surface area contributed by atoms with E-state index in [4.69, 9.17) is 4.74 Å². The summed E-state index contributed by atoms with van der Waals surface area (Å²) in [5.41, 5.74) is 2.74. The highest BCUT2D eigenvalue weighted by Crippen LogP contribution is 2.25. The van der Waals surface area contributed by atoms with Crippen molar-refractivity contribution >= 4 is 21.8 Å². The molecule has 0 saturated carbocycles. The zero-order chi connectivity index (χ0) is 14.8. The highest BCUT2D eigenvalue weighted by atomic mass is 79.9. The Labute approximate surface area is 132 Å². The summed E-state index contributed by atoms with van der Waals surface area (Å²) in [7, 11) is 0. The number of morpholine rings is 1. The Hall–Kier alpha value is -1.59. The van der Waals surface area contributed by atoms with Crippen LogP contribution >= 0.6 is 15.9 Å². The molecule has 1 aliphatic rings. The van der Waals surface area contributed by atoms with Crippen molar-refractivity contribution in [2.45, 2.75) is 13.0 Å². The first-order chi connectivity index (χ1) is 10.1. The molecule has 1 atom stereocenters. The zero-order valence-electron chi connectivity index (χ0n) is 11.8. The predicted octanol–water partition coefficient (Wildman–Crippen LogP) is 3.30. The van der Waals surface area contributed by atoms with Gasteiger partial charge < -0.3 is 14.6 Å². The normalized spacial score (nSPS) is 18.8. The lowest BCUT2D eigenvalue weighted by Crippen LogP contribution is -2.42. The summed E-state index contributed by atoms with van der Waals surface area (Å²) in [5, 5.41) is 0. The number of amides is 1. The van der Waals surface area contributed by atoms with Crippen molar-refractivity contribution in [3.05, 3.63) is 57.8 Å². The SMILES string of the molecule is Cc1[nH]ccc1C(=O)N1CCOC(c2cccc(Br)c2)C1. The number of hydrogen-bond acceptors (Lipinski definition) is 2. The van der Waals surface area contributed by atoms with Crippen molar-refractivity contribution in [1.29, 1.82) is 0 Å². The number of carbonyl (C=O) groups excluding carboxylic acids is 1. The Morgan fingerprint density at radius 3 is 3.00 bits per heavy atom. The van der Waals surface area contributed by atoms with Gasteiger partial charge in [0, 0.05) is 22.9 Å². The molecule has 5 heteroatoms. The highest BCUT2D eigenvalue weighted by Gasteiger charge is 2.27. The first kappa shape index (κ1) is 14.4. The molecule has 1 aromatic heterocycles. The van der Waals surface area contributed by atoms with Crippen LogP contribution in [0.2, 0.25) is 0 Å². The molecule has 1 saturated heterocycles. The summed E-state index contributed by atoms with van der Waals surface area (Å²) in [4.78, 5) is 17.5. The summed E-state index contributed by atoms with van der Waals surface area (Å²) in [6, 6.07) is 9.88. The van der Waals surface area contributed by atoms with Crippen LogP contribution in [0.15, 0.2) is 41.0 Å². The lowest BCUT2D eigenvalue weighted by atomic mass is 10.1. The van der Waals surface area contributed by atoms with E-state index in [0.717, 1.165) is 21.3 Å². The molecule has 1 aromatic carbocycles. The van der Waals surface area contributed by atoms with E-state index in [-0.39, 0.29) is 12.0 Å². The lowest BCUT2D eigenvalue weighted by Gasteiger charge is -2.33. The van der Waals surface area contributed by atoms with Gasteiger partial charge in [0.25, 0.3) is 5.91 Å². The number of nitrogens with one attached hydrogen (secondary N) is 1. The van der Waals surface area contributed by atoms with Crippen LogP contribution in [0.5, 0.6) is 0 Å². The van der Waals surface area contributed by atoms with Crippen molar-refractivity contribution in [1.82, 2.24) is 9.88 Å². The number of carbonyl (C=O) groups is 1. The van der Waals surface area contributed by atoms with Gasteiger partial charge in [0.1, 0.15) is 6.10 Å². The first-order valence-corrected chi connectivity index (χ1v) is 7.75. The number of nitrogens with zero attached hydrogens (tertiary/aromatic N) is 1. The van der Waals surface area contributed by atoms with E-state index >= 15 is 0 Å². The van der Waals surface area contributed by atoms with E-state index in [9.17, 15) is 4.79 Å². The van der Waals surface area contributed by atoms with Gasteiger partial charge in [0.05, 0.1) is 18.7 Å². The summed E-state index contributed by atoms with van der Waals surface area (Å²) >= 11 is 3.47. The first-order valence-electron chi connectivity index (χ1n) is 6.95. The van der Waals surface area contributed by atoms with E-state index < -0.39 is 0 Å². The van der Waals surface area contributed by atoms with Gasteiger partial charge in [-0.2, -0.15) is 0 Å². The van der Waals surface area contributed by atoms with Gasteiger partial charge in [0.2, 0.25) is 0 Å². The molecule has 1 unspecified atom stereocenters. The van der Waals surface area contributed by atoms with Crippen molar-refractivity contribution in [3.63, 3.8) is 0 Å². The Balaban J connectivity index is 1.77. The molecule has 0 aliphatic carbocycles. The van der Waals surface area contributed by atoms with E-state index in [1.54, 1.807) is 6.20 Å². The third-order valence-electron chi connectivity index (χ3n) is 3.76. The highest BCUT2D eigenvalue weighted by molar-refractivity contribution is 9.10. The average molecular weight is 349 g/mol. The van der Waals surface area contributed by atoms with Gasteiger partial charge in [-0.25, -0.2) is 0 Å². The number of hydrogen-bond donors (Lipinski definition) is 1. The third kappa shape index (κ3) is 3.04. The molecular weight excluding hydrogens is 332 g/mol. The van der Waals surface area contributed by atoms with Crippen LogP contribution in [0.1, 0.15) is 27.7 Å². The Bertz CT molecular complexity index is 653. The molecule has 0 radical (unpaired) electrons. The number of ether oxygens (including phenoxy) is 1. The molecule has 1 amide bonds. The van der Waals surface area contributed by atoms with Gasteiger partial charge in [-0.15, -0.1) is 0 Å². The van der Waals surface area contributed by atoms with Crippen LogP contribution in [0.3, 0.4) is 0 Å². The molecule has 0 spiro atoms. The second-order valence-corrected chi connectivity index (χ2v) is 6.10. The molecule has 0 bridgehead atoms. The Morgan fingerprint density at radius 2 is 2.29 bits per heavy atom. The Morgan fingerprint density at radius 1 is 1.43 bits per heavy atom. The number of aryl methyl sites for hydroxylation is 1. The number of aromatic nitrogens is 1. The number of benzene rings is 1. The molecule has 1 N–H and O–H groups in total. The maximum absolute atomic E-state index is 12.6. The second kappa shape index (κ2) is 6.03. The van der Waals surface area contributed by atoms with Crippen LogP contribution < -0.4 is 0 Å². The minimum absolute atomic E-state index is 0.0667. The van der Waals surface area contributed by atoms with E-state index in [2.05, 4.69) is 20.9 Å². The van der Waals surface area contributed by atoms with Crippen LogP contribution in [-0.4, -0.2) is 35.5 Å². The molecule has 21 heavy (non-hydrogen) atoms. The molecular formula is C16H17BrN2O2. The number of rotatable bonds is 2. The van der Waals surface area contributed by atoms with Gasteiger partial charge in [0.15, 0.2) is 0 Å². The van der Waals surface area contributed by atoms with Crippen molar-refractivity contribution in [2.75, 3.05) is 19.7 Å². The largest absolute Gasteiger partial charge is 0.370 e. The van der Waals surface area contributed by atoms with E-state index in [0.29, 0.717) is 19.7 Å². The van der Waals surface area contributed by atoms with Crippen LogP contribution in [0, 0.1) is 6.92 Å². The molecule has 1 aliphatic heterocycles. The zero-order valence-corrected chi connectivity index (χ0v) is 13.4. The molecule has 1 fully saturated rings. The van der Waals surface area contributed by atoms with Gasteiger partial charge in [-0.1, -0.05) is 28.1 Å². The van der Waals surface area contributed by atoms with Gasteiger partial charge >= 0.3 is 0 Å². The minimum Gasteiger partial charge on any atom is -0.370 e. The number of aromatic amines is 1. The van der Waals surface area contributed by atoms with E-state index in [1.807, 2.05) is 42.2 Å². The molecule has 110 valence electrons. The predicted molar refractivity (Wildman–Crippen MR) is 84.3 cm³/mol. The summed E-state index contributed by atoms with van der Waals surface area (Å²) in [5.74, 6) is 0.0667. The van der Waals surface area contributed by atoms with Gasteiger partial charge in [-0.3, -0.25) is 4.79 Å². The van der Waals surface area contributed by atoms with Crippen LogP contribution in [-0.2, 0) is 4.74 Å². The fourth-order valence-electron chi connectivity index (χ4n) is 2.60. The van der Waals surface area contributed by atoms with Crippen LogP contribution in [0.25, 0.3) is 0 Å². The quantitative estimate of drug-likeness (QED) is 0.904. The topological polar surface area (TPSA) is 45.3 Å². The number of halogens is 1.